The zero-order chi connectivity index (χ0) is 18.8. The van der Waals surface area contributed by atoms with Crippen molar-refractivity contribution in [2.45, 2.75) is 51.0 Å². The van der Waals surface area contributed by atoms with Crippen molar-refractivity contribution in [2.24, 2.45) is 11.0 Å². The van der Waals surface area contributed by atoms with Crippen molar-refractivity contribution in [1.29, 1.82) is 0 Å². The second-order valence-corrected chi connectivity index (χ2v) is 6.27. The molecule has 3 N–H and O–H groups in total. The van der Waals surface area contributed by atoms with Gasteiger partial charge in [0.15, 0.2) is 12.4 Å². The van der Waals surface area contributed by atoms with E-state index in [2.05, 4.69) is 20.3 Å². The van der Waals surface area contributed by atoms with Gasteiger partial charge in [0.1, 0.15) is 11.9 Å². The van der Waals surface area contributed by atoms with Crippen molar-refractivity contribution >= 4 is 5.82 Å². The molecule has 0 aromatic carbocycles. The SMILES string of the molecule is CC(C)[C@H](C)Nc1ccn(C2O[C@@](CO)(N=[N+]=[N-])C(O)[C@@H]2F)c(=O)n1. The Bertz CT molecular complexity index is 722. The fourth-order valence-corrected chi connectivity index (χ4v) is 2.37. The minimum absolute atomic E-state index is 0.0632. The lowest BCUT2D eigenvalue weighted by atomic mass is 10.1. The van der Waals surface area contributed by atoms with E-state index < -0.39 is 36.5 Å². The van der Waals surface area contributed by atoms with Crippen molar-refractivity contribution in [2.75, 3.05) is 11.9 Å². The van der Waals surface area contributed by atoms with Crippen molar-refractivity contribution in [3.8, 4) is 0 Å². The maximum Gasteiger partial charge on any atom is 0.351 e. The lowest BCUT2D eigenvalue weighted by Crippen LogP contribution is -2.43. The smallest absolute Gasteiger partial charge is 0.351 e. The van der Waals surface area contributed by atoms with E-state index in [0.29, 0.717) is 11.7 Å². The Hall–Kier alpha value is -2.20. The highest BCUT2D eigenvalue weighted by Gasteiger charge is 2.56. The Morgan fingerprint density at radius 3 is 2.80 bits per heavy atom. The number of hydrogen-bond donors (Lipinski definition) is 3. The quantitative estimate of drug-likeness (QED) is 0.393. The minimum atomic E-state index is -2.19. The number of anilines is 1. The molecular formula is C14H21FN6O4. The third-order valence-electron chi connectivity index (χ3n) is 4.28. The highest BCUT2D eigenvalue weighted by Crippen LogP contribution is 2.39. The number of aromatic nitrogens is 2. The second-order valence-electron chi connectivity index (χ2n) is 6.27. The second kappa shape index (κ2) is 7.36. The van der Waals surface area contributed by atoms with Crippen molar-refractivity contribution in [3.63, 3.8) is 0 Å². The molecule has 0 spiro atoms. The number of nitrogens with zero attached hydrogens (tertiary/aromatic N) is 5. The first kappa shape index (κ1) is 19.1. The molecule has 10 nitrogen and oxygen atoms in total. The van der Waals surface area contributed by atoms with Crippen LogP contribution in [0.2, 0.25) is 0 Å². The molecule has 0 radical (unpaired) electrons. The normalized spacial score (nSPS) is 30.1. The summed E-state index contributed by atoms with van der Waals surface area (Å²) in [5.74, 6) is 0.627. The highest BCUT2D eigenvalue weighted by molar-refractivity contribution is 5.33. The Morgan fingerprint density at radius 2 is 2.28 bits per heavy atom. The number of aliphatic hydroxyl groups excluding tert-OH is 2. The summed E-state index contributed by atoms with van der Waals surface area (Å²) < 4.78 is 20.4. The number of rotatable bonds is 6. The first-order valence-electron chi connectivity index (χ1n) is 7.78. The van der Waals surface area contributed by atoms with E-state index in [1.54, 1.807) is 0 Å². The number of hydrogen-bond acceptors (Lipinski definition) is 7. The van der Waals surface area contributed by atoms with Crippen LogP contribution >= 0.6 is 0 Å². The van der Waals surface area contributed by atoms with Gasteiger partial charge in [-0.1, -0.05) is 19.0 Å². The van der Waals surface area contributed by atoms with E-state index in [4.69, 9.17) is 10.3 Å². The molecule has 0 amide bonds. The molecule has 1 fully saturated rings. The summed E-state index contributed by atoms with van der Waals surface area (Å²) in [6.07, 6.45) is -4.34. The molecule has 1 aliphatic heterocycles. The first-order valence-corrected chi connectivity index (χ1v) is 7.78. The van der Waals surface area contributed by atoms with Gasteiger partial charge in [0.05, 0.1) is 6.61 Å². The van der Waals surface area contributed by atoms with Crippen molar-refractivity contribution in [3.05, 3.63) is 33.2 Å². The molecule has 1 saturated heterocycles. The number of aliphatic hydroxyl groups is 2. The molecule has 2 heterocycles. The molecule has 138 valence electrons. The average Bonchev–Trinajstić information content (AvgIpc) is 2.81. The number of halogens is 1. The summed E-state index contributed by atoms with van der Waals surface area (Å²) in [6, 6.07) is 1.53. The Kier molecular flexibility index (Phi) is 5.63. The third kappa shape index (κ3) is 3.59. The van der Waals surface area contributed by atoms with Gasteiger partial charge in [-0.05, 0) is 24.4 Å². The zero-order valence-electron chi connectivity index (χ0n) is 14.1. The van der Waals surface area contributed by atoms with Gasteiger partial charge in [0.25, 0.3) is 0 Å². The average molecular weight is 356 g/mol. The highest BCUT2D eigenvalue weighted by atomic mass is 19.1. The van der Waals surface area contributed by atoms with Gasteiger partial charge in [0.2, 0.25) is 5.72 Å². The van der Waals surface area contributed by atoms with E-state index in [1.165, 1.54) is 12.3 Å². The van der Waals surface area contributed by atoms with Crippen molar-refractivity contribution in [1.82, 2.24) is 9.55 Å². The van der Waals surface area contributed by atoms with Crippen LogP contribution in [0, 0.1) is 5.92 Å². The number of azide groups is 1. The Balaban J connectivity index is 2.30. The molecule has 11 heteroatoms. The zero-order valence-corrected chi connectivity index (χ0v) is 14.1. The maximum absolute atomic E-state index is 14.4. The van der Waals surface area contributed by atoms with Crippen LogP contribution < -0.4 is 11.0 Å². The van der Waals surface area contributed by atoms with Gasteiger partial charge >= 0.3 is 5.69 Å². The number of nitrogens with one attached hydrogen (secondary N) is 1. The summed E-state index contributed by atoms with van der Waals surface area (Å²) in [6.45, 7) is 5.00. The Morgan fingerprint density at radius 1 is 1.60 bits per heavy atom. The van der Waals surface area contributed by atoms with Gasteiger partial charge in [-0.15, -0.1) is 0 Å². The van der Waals surface area contributed by atoms with Gasteiger partial charge in [0, 0.05) is 17.2 Å². The molecule has 5 atom stereocenters. The molecule has 0 bridgehead atoms. The van der Waals surface area contributed by atoms with E-state index in [0.717, 1.165) is 4.57 Å². The van der Waals surface area contributed by atoms with Crippen LogP contribution in [0.4, 0.5) is 10.2 Å². The lowest BCUT2D eigenvalue weighted by molar-refractivity contribution is -0.124. The van der Waals surface area contributed by atoms with Gasteiger partial charge in [-0.3, -0.25) is 4.57 Å². The summed E-state index contributed by atoms with van der Waals surface area (Å²) in [7, 11) is 0. The van der Waals surface area contributed by atoms with Crippen LogP contribution in [0.5, 0.6) is 0 Å². The summed E-state index contributed by atoms with van der Waals surface area (Å²) in [4.78, 5) is 18.5. The topological polar surface area (TPSA) is 145 Å². The van der Waals surface area contributed by atoms with E-state index in [1.807, 2.05) is 20.8 Å². The minimum Gasteiger partial charge on any atom is -0.393 e. The van der Waals surface area contributed by atoms with E-state index >= 15 is 0 Å². The van der Waals surface area contributed by atoms with Crippen LogP contribution in [0.15, 0.2) is 22.2 Å². The molecule has 2 rings (SSSR count). The number of ether oxygens (including phenoxy) is 1. The largest absolute Gasteiger partial charge is 0.393 e. The predicted octanol–water partition coefficient (Wildman–Crippen LogP) is 0.926. The molecule has 25 heavy (non-hydrogen) atoms. The molecule has 1 aromatic heterocycles. The van der Waals surface area contributed by atoms with Crippen molar-refractivity contribution < 1.29 is 19.3 Å². The van der Waals surface area contributed by atoms with Gasteiger partial charge in [-0.2, -0.15) is 4.98 Å². The Labute approximate surface area is 142 Å². The summed E-state index contributed by atoms with van der Waals surface area (Å²) >= 11 is 0. The van der Waals surface area contributed by atoms with Crippen LogP contribution in [0.1, 0.15) is 27.0 Å². The van der Waals surface area contributed by atoms with Crippen LogP contribution in [-0.2, 0) is 4.74 Å². The van der Waals surface area contributed by atoms with E-state index in [-0.39, 0.29) is 6.04 Å². The van der Waals surface area contributed by atoms with E-state index in [9.17, 15) is 19.4 Å². The molecule has 2 unspecified atom stereocenters. The summed E-state index contributed by atoms with van der Waals surface area (Å²) in [5, 5.41) is 25.5. The maximum atomic E-state index is 14.4. The molecule has 1 aliphatic rings. The first-order chi connectivity index (χ1) is 11.8. The monoisotopic (exact) mass is 356 g/mol. The summed E-state index contributed by atoms with van der Waals surface area (Å²) in [5.41, 5.74) is 5.55. The fourth-order valence-electron chi connectivity index (χ4n) is 2.37. The third-order valence-corrected chi connectivity index (χ3v) is 4.28. The standard InChI is InChI=1S/C14H21FN6O4/c1-7(2)8(3)17-9-4-5-21(13(24)18-9)12-10(15)11(23)14(6-22,25-12)19-20-16/h4-5,7-8,10-12,22-23H,6H2,1-3H3,(H,17,18,24)/t8-,10-,11?,12?,14+/m0/s1. The lowest BCUT2D eigenvalue weighted by Gasteiger charge is -2.23. The van der Waals surface area contributed by atoms with Crippen LogP contribution in [-0.4, -0.2) is 50.4 Å². The van der Waals surface area contributed by atoms with Crippen LogP contribution in [0.25, 0.3) is 10.4 Å². The molecular weight excluding hydrogens is 335 g/mol. The molecule has 0 aliphatic carbocycles. The van der Waals surface area contributed by atoms with Crippen LogP contribution in [0.3, 0.4) is 0 Å². The fraction of sp³-hybridized carbons (Fsp3) is 0.714. The predicted molar refractivity (Wildman–Crippen MR) is 86.4 cm³/mol. The number of alkyl halides is 1. The molecule has 1 aromatic rings. The molecule has 0 saturated carbocycles. The van der Waals surface area contributed by atoms with Gasteiger partial charge < -0.3 is 20.3 Å². The van der Waals surface area contributed by atoms with Gasteiger partial charge in [-0.25, -0.2) is 9.18 Å².